The summed E-state index contributed by atoms with van der Waals surface area (Å²) in [6.07, 6.45) is 3.16. The molecule has 5 nitrogen and oxygen atoms in total. The van der Waals surface area contributed by atoms with Gasteiger partial charge in [0.15, 0.2) is 0 Å². The average Bonchev–Trinajstić information content (AvgIpc) is 2.88. The molecule has 0 aliphatic carbocycles. The molecular weight excluding hydrogens is 278 g/mol. The molecule has 0 spiro atoms. The van der Waals surface area contributed by atoms with E-state index < -0.39 is 24.0 Å². The number of carboxylic acid groups (broad SMARTS) is 2. The molecule has 1 aromatic rings. The van der Waals surface area contributed by atoms with Gasteiger partial charge in [0.05, 0.1) is 0 Å². The standard InChI is InChI=1S/C14H17NO4S/c1-20-10-6-4-9(5-7-10)12(14(18)19)15-8-2-3-11(15)13(16)17/h4-7,11-12H,2-3,8H2,1H3,(H,16,17)(H,18,19). The second-order valence-electron chi connectivity index (χ2n) is 4.75. The Morgan fingerprint density at radius 3 is 2.45 bits per heavy atom. The maximum absolute atomic E-state index is 11.6. The third-order valence-electron chi connectivity index (χ3n) is 3.58. The highest BCUT2D eigenvalue weighted by Crippen LogP contribution is 2.30. The number of benzene rings is 1. The highest BCUT2D eigenvalue weighted by molar-refractivity contribution is 7.98. The van der Waals surface area contributed by atoms with Gasteiger partial charge in [-0.1, -0.05) is 12.1 Å². The van der Waals surface area contributed by atoms with Gasteiger partial charge in [0.1, 0.15) is 12.1 Å². The maximum Gasteiger partial charge on any atom is 0.325 e. The molecule has 1 saturated heterocycles. The van der Waals surface area contributed by atoms with E-state index in [1.54, 1.807) is 28.8 Å². The summed E-state index contributed by atoms with van der Waals surface area (Å²) in [6.45, 7) is 0.498. The fourth-order valence-electron chi connectivity index (χ4n) is 2.63. The minimum Gasteiger partial charge on any atom is -0.480 e. The van der Waals surface area contributed by atoms with Crippen molar-refractivity contribution in [1.82, 2.24) is 4.90 Å². The molecule has 1 heterocycles. The van der Waals surface area contributed by atoms with Crippen molar-refractivity contribution < 1.29 is 19.8 Å². The first-order valence-electron chi connectivity index (χ1n) is 6.40. The number of thioether (sulfide) groups is 1. The minimum absolute atomic E-state index is 0.498. The Kier molecular flexibility index (Phi) is 4.67. The molecule has 0 radical (unpaired) electrons. The van der Waals surface area contributed by atoms with Crippen molar-refractivity contribution >= 4 is 23.7 Å². The van der Waals surface area contributed by atoms with Crippen molar-refractivity contribution in [3.63, 3.8) is 0 Å². The van der Waals surface area contributed by atoms with E-state index >= 15 is 0 Å². The summed E-state index contributed by atoms with van der Waals surface area (Å²) in [5.41, 5.74) is 0.628. The summed E-state index contributed by atoms with van der Waals surface area (Å²) in [7, 11) is 0. The number of carboxylic acids is 2. The summed E-state index contributed by atoms with van der Waals surface area (Å²) in [5, 5.41) is 18.7. The van der Waals surface area contributed by atoms with E-state index in [0.29, 0.717) is 24.9 Å². The van der Waals surface area contributed by atoms with Gasteiger partial charge in [0, 0.05) is 11.4 Å². The van der Waals surface area contributed by atoms with Crippen molar-refractivity contribution in [2.45, 2.75) is 29.8 Å². The van der Waals surface area contributed by atoms with E-state index in [4.69, 9.17) is 0 Å². The molecule has 108 valence electrons. The monoisotopic (exact) mass is 295 g/mol. The largest absolute Gasteiger partial charge is 0.480 e. The molecule has 0 saturated carbocycles. The van der Waals surface area contributed by atoms with Crippen molar-refractivity contribution in [2.24, 2.45) is 0 Å². The Morgan fingerprint density at radius 1 is 1.30 bits per heavy atom. The van der Waals surface area contributed by atoms with Crippen LogP contribution in [0.1, 0.15) is 24.4 Å². The molecule has 6 heteroatoms. The van der Waals surface area contributed by atoms with Crippen LogP contribution in [-0.4, -0.2) is 45.9 Å². The zero-order chi connectivity index (χ0) is 14.7. The first-order chi connectivity index (χ1) is 9.54. The van der Waals surface area contributed by atoms with Crippen molar-refractivity contribution in [3.8, 4) is 0 Å². The molecule has 0 aromatic heterocycles. The molecule has 2 unspecified atom stereocenters. The lowest BCUT2D eigenvalue weighted by Gasteiger charge is -2.28. The lowest BCUT2D eigenvalue weighted by Crippen LogP contribution is -2.41. The van der Waals surface area contributed by atoms with Crippen LogP contribution < -0.4 is 0 Å². The Balaban J connectivity index is 2.30. The summed E-state index contributed by atoms with van der Waals surface area (Å²) in [6, 6.07) is 5.65. The summed E-state index contributed by atoms with van der Waals surface area (Å²) < 4.78 is 0. The van der Waals surface area contributed by atoms with Gasteiger partial charge in [-0.05, 0) is 36.8 Å². The van der Waals surface area contributed by atoms with Crippen LogP contribution in [0.2, 0.25) is 0 Å². The molecule has 2 rings (SSSR count). The molecule has 1 fully saturated rings. The minimum atomic E-state index is -1.00. The fourth-order valence-corrected chi connectivity index (χ4v) is 3.03. The Hall–Kier alpha value is -1.53. The van der Waals surface area contributed by atoms with Crippen LogP contribution in [0.25, 0.3) is 0 Å². The van der Waals surface area contributed by atoms with E-state index in [1.165, 1.54) is 0 Å². The second-order valence-corrected chi connectivity index (χ2v) is 5.63. The average molecular weight is 295 g/mol. The summed E-state index contributed by atoms with van der Waals surface area (Å²) >= 11 is 1.58. The third kappa shape index (κ3) is 2.96. The van der Waals surface area contributed by atoms with Gasteiger partial charge in [-0.3, -0.25) is 14.5 Å². The molecule has 2 atom stereocenters. The van der Waals surface area contributed by atoms with Gasteiger partial charge < -0.3 is 10.2 Å². The Morgan fingerprint density at radius 2 is 1.95 bits per heavy atom. The molecule has 20 heavy (non-hydrogen) atoms. The van der Waals surface area contributed by atoms with Gasteiger partial charge in [-0.2, -0.15) is 0 Å². The van der Waals surface area contributed by atoms with Crippen molar-refractivity contribution in [3.05, 3.63) is 29.8 Å². The smallest absolute Gasteiger partial charge is 0.325 e. The van der Waals surface area contributed by atoms with Crippen LogP contribution in [-0.2, 0) is 9.59 Å². The first kappa shape index (κ1) is 14.9. The number of rotatable bonds is 5. The zero-order valence-corrected chi connectivity index (χ0v) is 12.0. The van der Waals surface area contributed by atoms with Gasteiger partial charge in [0.25, 0.3) is 0 Å². The third-order valence-corrected chi connectivity index (χ3v) is 4.32. The number of hydrogen-bond acceptors (Lipinski definition) is 4. The molecule has 1 aromatic carbocycles. The number of aliphatic carboxylic acids is 2. The lowest BCUT2D eigenvalue weighted by atomic mass is 10.0. The molecule has 2 N–H and O–H groups in total. The van der Waals surface area contributed by atoms with Crippen LogP contribution in [0.4, 0.5) is 0 Å². The van der Waals surface area contributed by atoms with Crippen LogP contribution >= 0.6 is 11.8 Å². The van der Waals surface area contributed by atoms with E-state index in [9.17, 15) is 19.8 Å². The van der Waals surface area contributed by atoms with E-state index in [0.717, 1.165) is 4.90 Å². The SMILES string of the molecule is CSc1ccc(C(C(=O)O)N2CCCC2C(=O)O)cc1. The molecule has 0 bridgehead atoms. The molecule has 1 aliphatic rings. The Bertz CT molecular complexity index is 502. The van der Waals surface area contributed by atoms with Gasteiger partial charge in [-0.15, -0.1) is 11.8 Å². The maximum atomic E-state index is 11.6. The number of nitrogens with zero attached hydrogens (tertiary/aromatic N) is 1. The van der Waals surface area contributed by atoms with Crippen molar-refractivity contribution in [2.75, 3.05) is 12.8 Å². The zero-order valence-electron chi connectivity index (χ0n) is 11.2. The highest BCUT2D eigenvalue weighted by Gasteiger charge is 2.39. The summed E-state index contributed by atoms with van der Waals surface area (Å²) in [5.74, 6) is -1.95. The van der Waals surface area contributed by atoms with Crippen LogP contribution in [0.5, 0.6) is 0 Å². The quantitative estimate of drug-likeness (QED) is 0.810. The van der Waals surface area contributed by atoms with Gasteiger partial charge >= 0.3 is 11.9 Å². The van der Waals surface area contributed by atoms with E-state index in [-0.39, 0.29) is 0 Å². The number of likely N-dealkylation sites (tertiary alicyclic amines) is 1. The first-order valence-corrected chi connectivity index (χ1v) is 7.62. The van der Waals surface area contributed by atoms with Gasteiger partial charge in [-0.25, -0.2) is 0 Å². The van der Waals surface area contributed by atoms with Crippen LogP contribution in [0.3, 0.4) is 0 Å². The molecular formula is C14H17NO4S. The lowest BCUT2D eigenvalue weighted by molar-refractivity contribution is -0.149. The van der Waals surface area contributed by atoms with E-state index in [1.807, 2.05) is 18.4 Å². The highest BCUT2D eigenvalue weighted by atomic mass is 32.2. The van der Waals surface area contributed by atoms with Crippen molar-refractivity contribution in [1.29, 1.82) is 0 Å². The second kappa shape index (κ2) is 6.28. The van der Waals surface area contributed by atoms with E-state index in [2.05, 4.69) is 0 Å². The molecule has 0 amide bonds. The molecule has 1 aliphatic heterocycles. The number of carbonyl (C=O) groups is 2. The fraction of sp³-hybridized carbons (Fsp3) is 0.429. The van der Waals surface area contributed by atoms with Gasteiger partial charge in [0.2, 0.25) is 0 Å². The summed E-state index contributed by atoms with van der Waals surface area (Å²) in [4.78, 5) is 25.4. The Labute approximate surface area is 121 Å². The number of hydrogen-bond donors (Lipinski definition) is 2. The predicted molar refractivity (Wildman–Crippen MR) is 76.0 cm³/mol. The van der Waals surface area contributed by atoms with Crippen LogP contribution in [0.15, 0.2) is 29.2 Å². The topological polar surface area (TPSA) is 77.8 Å². The predicted octanol–water partition coefficient (Wildman–Crippen LogP) is 2.08. The normalized spacial score (nSPS) is 20.8. The van der Waals surface area contributed by atoms with Crippen LogP contribution in [0, 0.1) is 0 Å².